The maximum absolute atomic E-state index is 3.38. The van der Waals surface area contributed by atoms with Crippen molar-refractivity contribution in [3.8, 4) is 23.3 Å². The Morgan fingerprint density at radius 3 is 2.35 bits per heavy atom. The number of allylic oxidation sites excluding steroid dienone is 4. The Bertz CT molecular complexity index is 670. The van der Waals surface area contributed by atoms with Crippen molar-refractivity contribution in [2.75, 3.05) is 0 Å². The third-order valence-electron chi connectivity index (χ3n) is 2.83. The molecule has 0 bridgehead atoms. The third kappa shape index (κ3) is 4.26. The molecule has 2 rings (SSSR count). The smallest absolute Gasteiger partial charge is 0.193 e. The first-order valence-corrected chi connectivity index (χ1v) is 10.3. The number of nitrogens with zero attached hydrogens (tertiary/aromatic N) is 1. The zero-order chi connectivity index (χ0) is 14.6. The predicted octanol–water partition coefficient (Wildman–Crippen LogP) is 2.83. The first kappa shape index (κ1) is 14.4. The minimum Gasteiger partial charge on any atom is -0.193 e. The van der Waals surface area contributed by atoms with Gasteiger partial charge in [-0.2, -0.15) is 4.57 Å². The molecule has 0 aliphatic heterocycles. The van der Waals surface area contributed by atoms with Crippen molar-refractivity contribution in [1.82, 2.24) is 0 Å². The van der Waals surface area contributed by atoms with Gasteiger partial charge in [-0.15, -0.1) is 5.54 Å². The zero-order valence-corrected chi connectivity index (χ0v) is 13.6. The maximum Gasteiger partial charge on any atom is 0.256 e. The van der Waals surface area contributed by atoms with Gasteiger partial charge in [0.05, 0.1) is 11.5 Å². The van der Waals surface area contributed by atoms with Gasteiger partial charge in [0, 0.05) is 12.0 Å². The van der Waals surface area contributed by atoms with Crippen LogP contribution in [0, 0.1) is 29.2 Å². The highest BCUT2D eigenvalue weighted by molar-refractivity contribution is 6.83. The minimum absolute atomic E-state index is 0.251. The van der Waals surface area contributed by atoms with E-state index in [1.165, 1.54) is 0 Å². The van der Waals surface area contributed by atoms with E-state index in [-0.39, 0.29) is 5.92 Å². The second kappa shape index (κ2) is 5.95. The fraction of sp³-hybridized carbons (Fsp3) is 0.278. The van der Waals surface area contributed by atoms with E-state index in [2.05, 4.69) is 67.4 Å². The number of hydrogen-bond acceptors (Lipinski definition) is 0. The molecule has 0 N–H and O–H groups in total. The Labute approximate surface area is 123 Å². The molecule has 20 heavy (non-hydrogen) atoms. The standard InChI is InChI=1S/C18H20NSi/c1-19-15-17(13-14-20(2,3)4)10-12-18(19)11-9-16-7-5-6-8-16/h5-8,10,12,15-16H,1-4H3/q+1. The van der Waals surface area contributed by atoms with Crippen molar-refractivity contribution in [1.29, 1.82) is 0 Å². The van der Waals surface area contributed by atoms with Gasteiger partial charge < -0.3 is 0 Å². The fourth-order valence-electron chi connectivity index (χ4n) is 1.76. The van der Waals surface area contributed by atoms with Gasteiger partial charge in [-0.3, -0.25) is 0 Å². The minimum atomic E-state index is -1.32. The van der Waals surface area contributed by atoms with Crippen LogP contribution >= 0.6 is 0 Å². The Hall–Kier alpha value is -2.03. The van der Waals surface area contributed by atoms with Crippen LogP contribution in [-0.4, -0.2) is 8.07 Å². The average Bonchev–Trinajstić information content (AvgIpc) is 2.87. The fourth-order valence-corrected chi connectivity index (χ4v) is 2.28. The normalized spacial score (nSPS) is 13.6. The molecule has 0 amide bonds. The molecule has 1 aromatic rings. The molecule has 1 nitrogen and oxygen atoms in total. The number of aryl methyl sites for hydroxylation is 1. The van der Waals surface area contributed by atoms with E-state index in [1.54, 1.807) is 0 Å². The lowest BCUT2D eigenvalue weighted by Gasteiger charge is -2.03. The third-order valence-corrected chi connectivity index (χ3v) is 3.71. The highest BCUT2D eigenvalue weighted by atomic mass is 28.3. The summed E-state index contributed by atoms with van der Waals surface area (Å²) in [5.41, 5.74) is 5.45. The van der Waals surface area contributed by atoms with E-state index in [4.69, 9.17) is 0 Å². The Morgan fingerprint density at radius 1 is 1.05 bits per heavy atom. The molecule has 0 atom stereocenters. The van der Waals surface area contributed by atoms with Crippen molar-refractivity contribution < 1.29 is 4.57 Å². The van der Waals surface area contributed by atoms with Crippen molar-refractivity contribution in [2.45, 2.75) is 19.6 Å². The van der Waals surface area contributed by atoms with Gasteiger partial charge in [-0.05, 0) is 6.07 Å². The number of hydrogen-bond donors (Lipinski definition) is 0. The lowest BCUT2D eigenvalue weighted by molar-refractivity contribution is -0.674. The van der Waals surface area contributed by atoms with E-state index in [9.17, 15) is 0 Å². The van der Waals surface area contributed by atoms with Crippen LogP contribution in [0.25, 0.3) is 0 Å². The molecule has 1 aliphatic carbocycles. The largest absolute Gasteiger partial charge is 0.256 e. The lowest BCUT2D eigenvalue weighted by atomic mass is 10.1. The monoisotopic (exact) mass is 278 g/mol. The van der Waals surface area contributed by atoms with E-state index in [1.807, 2.05) is 29.8 Å². The van der Waals surface area contributed by atoms with Gasteiger partial charge >= 0.3 is 0 Å². The quantitative estimate of drug-likeness (QED) is 0.390. The summed E-state index contributed by atoms with van der Waals surface area (Å²) in [6.07, 6.45) is 10.3. The summed E-state index contributed by atoms with van der Waals surface area (Å²) >= 11 is 0. The molecule has 2 heteroatoms. The number of pyridine rings is 1. The lowest BCUT2D eigenvalue weighted by Crippen LogP contribution is -2.32. The second-order valence-corrected chi connectivity index (χ2v) is 10.7. The predicted molar refractivity (Wildman–Crippen MR) is 86.5 cm³/mol. The molecule has 0 spiro atoms. The summed E-state index contributed by atoms with van der Waals surface area (Å²) in [7, 11) is 0.700. The van der Waals surface area contributed by atoms with E-state index >= 15 is 0 Å². The molecule has 1 heterocycles. The molecule has 0 saturated heterocycles. The molecule has 0 radical (unpaired) electrons. The van der Waals surface area contributed by atoms with Crippen LogP contribution in [0.3, 0.4) is 0 Å². The van der Waals surface area contributed by atoms with Crippen LogP contribution < -0.4 is 4.57 Å². The van der Waals surface area contributed by atoms with Gasteiger partial charge in [0.25, 0.3) is 5.69 Å². The van der Waals surface area contributed by atoms with Gasteiger partial charge in [-0.25, -0.2) is 0 Å². The molecule has 0 unspecified atom stereocenters. The molecular formula is C18H20NSi+. The van der Waals surface area contributed by atoms with Crippen LogP contribution in [0.4, 0.5) is 0 Å². The Kier molecular flexibility index (Phi) is 4.28. The van der Waals surface area contributed by atoms with E-state index < -0.39 is 8.07 Å². The van der Waals surface area contributed by atoms with Crippen LogP contribution in [0.15, 0.2) is 42.6 Å². The molecule has 1 aromatic heterocycles. The molecule has 100 valence electrons. The van der Waals surface area contributed by atoms with Gasteiger partial charge in [0.1, 0.15) is 15.1 Å². The molecule has 0 aromatic carbocycles. The summed E-state index contributed by atoms with van der Waals surface area (Å²) in [6, 6.07) is 4.10. The molecule has 1 aliphatic rings. The van der Waals surface area contributed by atoms with E-state index in [0.29, 0.717) is 0 Å². The van der Waals surface area contributed by atoms with Crippen molar-refractivity contribution >= 4 is 8.07 Å². The Balaban J connectivity index is 2.19. The van der Waals surface area contributed by atoms with Crippen LogP contribution in [0.2, 0.25) is 19.6 Å². The highest BCUT2D eigenvalue weighted by Crippen LogP contribution is 2.07. The first-order valence-electron chi connectivity index (χ1n) is 6.83. The summed E-state index contributed by atoms with van der Waals surface area (Å²) in [4.78, 5) is 0. The summed E-state index contributed by atoms with van der Waals surface area (Å²) < 4.78 is 2.05. The maximum atomic E-state index is 3.38. The SMILES string of the molecule is C[n+]1cc(C#C[Si](C)(C)C)ccc1C#CC1C=CC=C1. The first-order chi connectivity index (χ1) is 9.44. The highest BCUT2D eigenvalue weighted by Gasteiger charge is 2.09. The molecule has 0 saturated carbocycles. The van der Waals surface area contributed by atoms with Crippen LogP contribution in [-0.2, 0) is 7.05 Å². The van der Waals surface area contributed by atoms with Crippen molar-refractivity contribution in [3.05, 3.63) is 53.9 Å². The van der Waals surface area contributed by atoms with Gasteiger partial charge in [0.2, 0.25) is 0 Å². The van der Waals surface area contributed by atoms with Crippen LogP contribution in [0.1, 0.15) is 11.3 Å². The average molecular weight is 278 g/mol. The topological polar surface area (TPSA) is 3.88 Å². The van der Waals surface area contributed by atoms with Crippen molar-refractivity contribution in [3.63, 3.8) is 0 Å². The summed E-state index contributed by atoms with van der Waals surface area (Å²) in [6.45, 7) is 6.76. The summed E-state index contributed by atoms with van der Waals surface area (Å²) in [5, 5.41) is 0. The molecular weight excluding hydrogens is 258 g/mol. The van der Waals surface area contributed by atoms with Gasteiger partial charge in [-0.1, -0.05) is 55.8 Å². The Morgan fingerprint density at radius 2 is 1.75 bits per heavy atom. The zero-order valence-electron chi connectivity index (χ0n) is 12.6. The number of rotatable bonds is 0. The van der Waals surface area contributed by atoms with Crippen LogP contribution in [0.5, 0.6) is 0 Å². The van der Waals surface area contributed by atoms with E-state index in [0.717, 1.165) is 11.3 Å². The summed E-state index contributed by atoms with van der Waals surface area (Å²) in [5.74, 6) is 9.99. The second-order valence-electron chi connectivity index (χ2n) is 5.98. The molecule has 0 fully saturated rings. The van der Waals surface area contributed by atoms with Gasteiger partial charge in [0.15, 0.2) is 6.20 Å². The number of aromatic nitrogens is 1. The van der Waals surface area contributed by atoms with Crippen molar-refractivity contribution in [2.24, 2.45) is 13.0 Å².